The molecule has 0 bridgehead atoms. The number of halogens is 1. The van der Waals surface area contributed by atoms with E-state index in [-0.39, 0.29) is 6.61 Å². The van der Waals surface area contributed by atoms with Crippen LogP contribution in [0.25, 0.3) is 5.69 Å². The number of hydrogen-bond acceptors (Lipinski definition) is 3. The van der Waals surface area contributed by atoms with Gasteiger partial charge in [0.15, 0.2) is 6.29 Å². The second-order valence-electron chi connectivity index (χ2n) is 3.23. The maximum absolute atomic E-state index is 10.7. The van der Waals surface area contributed by atoms with Crippen LogP contribution in [0.4, 0.5) is 0 Å². The zero-order chi connectivity index (χ0) is 11.5. The summed E-state index contributed by atoms with van der Waals surface area (Å²) in [7, 11) is 0. The van der Waals surface area contributed by atoms with E-state index in [0.717, 1.165) is 10.2 Å². The van der Waals surface area contributed by atoms with E-state index in [0.29, 0.717) is 17.5 Å². The molecule has 0 aliphatic carbocycles. The molecule has 2 rings (SSSR count). The Morgan fingerprint density at radius 1 is 1.38 bits per heavy atom. The summed E-state index contributed by atoms with van der Waals surface area (Å²) in [6, 6.07) is 7.51. The van der Waals surface area contributed by atoms with Crippen molar-refractivity contribution in [1.82, 2.24) is 9.78 Å². The van der Waals surface area contributed by atoms with Gasteiger partial charge in [0.05, 0.1) is 23.6 Å². The molecule has 0 saturated heterocycles. The highest BCUT2D eigenvalue weighted by molar-refractivity contribution is 9.10. The zero-order valence-electron chi connectivity index (χ0n) is 8.30. The molecule has 2 aromatic rings. The van der Waals surface area contributed by atoms with Gasteiger partial charge in [0.25, 0.3) is 0 Å². The number of aliphatic hydroxyl groups excluding tert-OH is 1. The van der Waals surface area contributed by atoms with Crippen LogP contribution < -0.4 is 0 Å². The third-order valence-electron chi connectivity index (χ3n) is 2.19. The fraction of sp³-hybridized carbons (Fsp3) is 0.0909. The van der Waals surface area contributed by atoms with Crippen LogP contribution in [0, 0.1) is 0 Å². The molecule has 1 heterocycles. The van der Waals surface area contributed by atoms with E-state index in [1.165, 1.54) is 0 Å². The van der Waals surface area contributed by atoms with E-state index in [2.05, 4.69) is 21.0 Å². The first-order chi connectivity index (χ1) is 7.74. The van der Waals surface area contributed by atoms with E-state index in [4.69, 9.17) is 5.11 Å². The number of benzene rings is 1. The Morgan fingerprint density at radius 3 is 2.56 bits per heavy atom. The molecule has 0 radical (unpaired) electrons. The average Bonchev–Trinajstić information content (AvgIpc) is 2.73. The molecule has 5 heteroatoms. The van der Waals surface area contributed by atoms with Gasteiger partial charge in [-0.1, -0.05) is 15.9 Å². The Balaban J connectivity index is 2.44. The summed E-state index contributed by atoms with van der Waals surface area (Å²) in [5.41, 5.74) is 1.63. The van der Waals surface area contributed by atoms with Crippen LogP contribution in [-0.2, 0) is 6.61 Å². The number of carbonyl (C=O) groups is 1. The monoisotopic (exact) mass is 280 g/mol. The van der Waals surface area contributed by atoms with Crippen LogP contribution in [0.2, 0.25) is 0 Å². The Kier molecular flexibility index (Phi) is 3.17. The molecule has 1 aromatic carbocycles. The SMILES string of the molecule is O=Cc1cn(-c2ccc(Br)cc2)nc1CO. The number of hydrogen-bond donors (Lipinski definition) is 1. The van der Waals surface area contributed by atoms with E-state index in [1.807, 2.05) is 24.3 Å². The third kappa shape index (κ3) is 2.05. The minimum atomic E-state index is -0.238. The highest BCUT2D eigenvalue weighted by atomic mass is 79.9. The molecule has 0 amide bonds. The van der Waals surface area contributed by atoms with Crippen molar-refractivity contribution in [2.45, 2.75) is 6.61 Å². The van der Waals surface area contributed by atoms with Gasteiger partial charge in [-0.15, -0.1) is 0 Å². The largest absolute Gasteiger partial charge is 0.390 e. The van der Waals surface area contributed by atoms with Gasteiger partial charge in [0, 0.05) is 10.7 Å². The lowest BCUT2D eigenvalue weighted by Gasteiger charge is -2.00. The predicted molar refractivity (Wildman–Crippen MR) is 62.6 cm³/mol. The highest BCUT2D eigenvalue weighted by Gasteiger charge is 2.07. The van der Waals surface area contributed by atoms with E-state index >= 15 is 0 Å². The maximum atomic E-state index is 10.7. The summed E-state index contributed by atoms with van der Waals surface area (Å²) in [6.45, 7) is -0.238. The van der Waals surface area contributed by atoms with Crippen molar-refractivity contribution in [2.24, 2.45) is 0 Å². The minimum Gasteiger partial charge on any atom is -0.390 e. The first kappa shape index (κ1) is 11.0. The normalized spacial score (nSPS) is 10.4. The Morgan fingerprint density at radius 2 is 2.06 bits per heavy atom. The standard InChI is InChI=1S/C11H9BrN2O2/c12-9-1-3-10(4-2-9)14-5-8(6-15)11(7-16)13-14/h1-6,16H,7H2. The van der Waals surface area contributed by atoms with Crippen LogP contribution in [0.15, 0.2) is 34.9 Å². The molecule has 16 heavy (non-hydrogen) atoms. The molecule has 1 aromatic heterocycles. The van der Waals surface area contributed by atoms with Gasteiger partial charge in [0.1, 0.15) is 0 Å². The van der Waals surface area contributed by atoms with Gasteiger partial charge >= 0.3 is 0 Å². The topological polar surface area (TPSA) is 55.1 Å². The quantitative estimate of drug-likeness (QED) is 0.875. The van der Waals surface area contributed by atoms with Gasteiger partial charge in [-0.3, -0.25) is 4.79 Å². The van der Waals surface area contributed by atoms with Crippen molar-refractivity contribution < 1.29 is 9.90 Å². The molecule has 0 aliphatic heterocycles. The molecule has 82 valence electrons. The van der Waals surface area contributed by atoms with Gasteiger partial charge in [-0.05, 0) is 24.3 Å². The van der Waals surface area contributed by atoms with E-state index in [1.54, 1.807) is 10.9 Å². The second-order valence-corrected chi connectivity index (χ2v) is 4.14. The van der Waals surface area contributed by atoms with Crippen molar-refractivity contribution in [3.05, 3.63) is 46.2 Å². The van der Waals surface area contributed by atoms with Crippen molar-refractivity contribution in [3.63, 3.8) is 0 Å². The molecular weight excluding hydrogens is 272 g/mol. The van der Waals surface area contributed by atoms with Crippen molar-refractivity contribution in [2.75, 3.05) is 0 Å². The summed E-state index contributed by atoms with van der Waals surface area (Å²) in [4.78, 5) is 10.7. The summed E-state index contributed by atoms with van der Waals surface area (Å²) >= 11 is 3.34. The first-order valence-electron chi connectivity index (χ1n) is 4.65. The predicted octanol–water partition coefficient (Wildman–Crippen LogP) is 1.94. The van der Waals surface area contributed by atoms with Gasteiger partial charge < -0.3 is 5.11 Å². The molecule has 0 atom stereocenters. The Hall–Kier alpha value is -1.46. The zero-order valence-corrected chi connectivity index (χ0v) is 9.89. The van der Waals surface area contributed by atoms with Crippen molar-refractivity contribution in [1.29, 1.82) is 0 Å². The molecule has 0 aliphatic rings. The molecule has 0 fully saturated rings. The Bertz CT molecular complexity index is 505. The lowest BCUT2D eigenvalue weighted by atomic mass is 10.3. The number of aldehydes is 1. The van der Waals surface area contributed by atoms with Crippen LogP contribution in [0.5, 0.6) is 0 Å². The second kappa shape index (κ2) is 4.59. The van der Waals surface area contributed by atoms with Gasteiger partial charge in [-0.2, -0.15) is 5.10 Å². The van der Waals surface area contributed by atoms with Crippen LogP contribution >= 0.6 is 15.9 Å². The molecule has 4 nitrogen and oxygen atoms in total. The number of rotatable bonds is 3. The summed E-state index contributed by atoms with van der Waals surface area (Å²) in [6.07, 6.45) is 2.29. The van der Waals surface area contributed by atoms with Crippen LogP contribution in [0.1, 0.15) is 16.1 Å². The van der Waals surface area contributed by atoms with E-state index < -0.39 is 0 Å². The molecule has 1 N–H and O–H groups in total. The smallest absolute Gasteiger partial charge is 0.153 e. The number of carbonyl (C=O) groups excluding carboxylic acids is 1. The van der Waals surface area contributed by atoms with Crippen LogP contribution in [-0.4, -0.2) is 21.2 Å². The van der Waals surface area contributed by atoms with Gasteiger partial charge in [0.2, 0.25) is 0 Å². The number of aliphatic hydroxyl groups is 1. The lowest BCUT2D eigenvalue weighted by Crippen LogP contribution is -1.95. The summed E-state index contributed by atoms with van der Waals surface area (Å²) in [5, 5.41) is 13.1. The molecule has 0 unspecified atom stereocenters. The fourth-order valence-corrected chi connectivity index (χ4v) is 1.63. The summed E-state index contributed by atoms with van der Waals surface area (Å²) < 4.78 is 2.54. The van der Waals surface area contributed by atoms with Crippen LogP contribution in [0.3, 0.4) is 0 Å². The third-order valence-corrected chi connectivity index (χ3v) is 2.72. The molecular formula is C11H9BrN2O2. The lowest BCUT2D eigenvalue weighted by molar-refractivity contribution is 0.112. The van der Waals surface area contributed by atoms with Crippen molar-refractivity contribution >= 4 is 22.2 Å². The number of aromatic nitrogens is 2. The average molecular weight is 281 g/mol. The highest BCUT2D eigenvalue weighted by Crippen LogP contribution is 2.15. The fourth-order valence-electron chi connectivity index (χ4n) is 1.37. The Labute approximate surface area is 101 Å². The summed E-state index contributed by atoms with van der Waals surface area (Å²) in [5.74, 6) is 0. The minimum absolute atomic E-state index is 0.238. The van der Waals surface area contributed by atoms with Gasteiger partial charge in [-0.25, -0.2) is 4.68 Å². The maximum Gasteiger partial charge on any atom is 0.153 e. The van der Waals surface area contributed by atoms with Crippen molar-refractivity contribution in [3.8, 4) is 5.69 Å². The number of nitrogens with zero attached hydrogens (tertiary/aromatic N) is 2. The van der Waals surface area contributed by atoms with E-state index in [9.17, 15) is 4.79 Å². The molecule has 0 saturated carbocycles. The first-order valence-corrected chi connectivity index (χ1v) is 5.44. The molecule has 0 spiro atoms.